The van der Waals surface area contributed by atoms with Gasteiger partial charge >= 0.3 is 173 Å². The molecule has 0 aliphatic rings. The molecule has 0 radical (unpaired) electrons. The average Bonchev–Trinajstić information content (AvgIpc) is 2.69. The van der Waals surface area contributed by atoms with E-state index in [0.29, 0.717) is 3.93 Å². The summed E-state index contributed by atoms with van der Waals surface area (Å²) in [7, 11) is 0. The van der Waals surface area contributed by atoms with E-state index in [1.807, 2.05) is 13.8 Å². The first-order chi connectivity index (χ1) is 13.0. The maximum atomic E-state index is 12.4. The van der Waals surface area contributed by atoms with Crippen LogP contribution in [-0.4, -0.2) is 30.8 Å². The SMILES string of the molecule is CCC[CH2][Sn]([CH2]CCC)([CH2]CCC)[C@H](CNC(=O)C(C)C)c1ccccc1. The molecule has 154 valence electrons. The Morgan fingerprint density at radius 3 is 1.78 bits per heavy atom. The summed E-state index contributed by atoms with van der Waals surface area (Å²) in [6.45, 7) is 11.8. The molecule has 0 bridgehead atoms. The minimum atomic E-state index is -2.48. The standard InChI is InChI=1S/C12H16NO.3C4H9.Sn/c1-10(2)12(14)13-9-8-11-6-4-3-5-7-11;3*1-3-4-2;/h3-8,10H,9H2,1-2H3,(H,13,14);3*1,3-4H2,2H3;. The van der Waals surface area contributed by atoms with Crippen molar-refractivity contribution in [3.63, 3.8) is 0 Å². The van der Waals surface area contributed by atoms with Gasteiger partial charge in [-0.1, -0.05) is 0 Å². The third kappa shape index (κ3) is 8.17. The van der Waals surface area contributed by atoms with Gasteiger partial charge < -0.3 is 0 Å². The van der Waals surface area contributed by atoms with Crippen LogP contribution in [0.4, 0.5) is 0 Å². The molecule has 27 heavy (non-hydrogen) atoms. The molecule has 0 fully saturated rings. The van der Waals surface area contributed by atoms with Crippen molar-refractivity contribution in [1.29, 1.82) is 0 Å². The van der Waals surface area contributed by atoms with Crippen molar-refractivity contribution in [2.24, 2.45) is 5.92 Å². The van der Waals surface area contributed by atoms with Gasteiger partial charge in [0, 0.05) is 0 Å². The molecule has 1 N–H and O–H groups in total. The Morgan fingerprint density at radius 1 is 0.889 bits per heavy atom. The normalized spacial score (nSPS) is 13.0. The van der Waals surface area contributed by atoms with E-state index in [0.717, 1.165) is 6.54 Å². The average molecular weight is 480 g/mol. The zero-order valence-electron chi connectivity index (χ0n) is 18.5. The van der Waals surface area contributed by atoms with Crippen LogP contribution in [0.15, 0.2) is 30.3 Å². The molecule has 0 spiro atoms. The fourth-order valence-electron chi connectivity index (χ4n) is 4.26. The fraction of sp³-hybridized carbons (Fsp3) is 0.708. The number of carbonyl (C=O) groups excluding carboxylic acids is 1. The van der Waals surface area contributed by atoms with E-state index in [1.165, 1.54) is 57.4 Å². The third-order valence-electron chi connectivity index (χ3n) is 6.03. The van der Waals surface area contributed by atoms with Crippen LogP contribution < -0.4 is 5.32 Å². The van der Waals surface area contributed by atoms with E-state index >= 15 is 0 Å². The quantitative estimate of drug-likeness (QED) is 0.288. The summed E-state index contributed by atoms with van der Waals surface area (Å²) < 4.78 is 5.03. The van der Waals surface area contributed by atoms with Crippen LogP contribution in [0.2, 0.25) is 13.3 Å². The van der Waals surface area contributed by atoms with Gasteiger partial charge in [0.15, 0.2) is 0 Å². The maximum absolute atomic E-state index is 12.4. The summed E-state index contributed by atoms with van der Waals surface area (Å²) in [4.78, 5) is 12.4. The van der Waals surface area contributed by atoms with Gasteiger partial charge in [-0.2, -0.15) is 0 Å². The molecule has 0 saturated heterocycles. The summed E-state index contributed by atoms with van der Waals surface area (Å²) in [6.07, 6.45) is 7.96. The number of nitrogens with one attached hydrogen (secondary N) is 1. The molecule has 1 aromatic rings. The molecule has 1 atom stereocenters. The van der Waals surface area contributed by atoms with Crippen molar-refractivity contribution in [2.45, 2.75) is 90.4 Å². The molecule has 2 nitrogen and oxygen atoms in total. The predicted octanol–water partition coefficient (Wildman–Crippen LogP) is 6.93. The van der Waals surface area contributed by atoms with Crippen molar-refractivity contribution in [3.8, 4) is 0 Å². The molecule has 1 aromatic carbocycles. The molecule has 0 heterocycles. The Kier molecular flexibility index (Phi) is 12.4. The first-order valence-corrected chi connectivity index (χ1v) is 19.0. The van der Waals surface area contributed by atoms with Gasteiger partial charge in [-0.05, 0) is 0 Å². The fourth-order valence-corrected chi connectivity index (χ4v) is 22.5. The van der Waals surface area contributed by atoms with Crippen molar-refractivity contribution < 1.29 is 4.79 Å². The van der Waals surface area contributed by atoms with E-state index in [-0.39, 0.29) is 11.8 Å². The van der Waals surface area contributed by atoms with Crippen LogP contribution in [0.5, 0.6) is 0 Å². The van der Waals surface area contributed by atoms with Crippen LogP contribution in [0, 0.1) is 5.92 Å². The van der Waals surface area contributed by atoms with Crippen LogP contribution in [0.3, 0.4) is 0 Å². The number of amides is 1. The predicted molar refractivity (Wildman–Crippen MR) is 122 cm³/mol. The molecule has 3 heteroatoms. The molecular weight excluding hydrogens is 437 g/mol. The third-order valence-corrected chi connectivity index (χ3v) is 23.3. The van der Waals surface area contributed by atoms with E-state index in [9.17, 15) is 4.79 Å². The van der Waals surface area contributed by atoms with E-state index in [2.05, 4.69) is 56.4 Å². The van der Waals surface area contributed by atoms with Gasteiger partial charge in [0.25, 0.3) is 0 Å². The van der Waals surface area contributed by atoms with Crippen molar-refractivity contribution >= 4 is 24.3 Å². The Morgan fingerprint density at radius 2 is 1.37 bits per heavy atom. The molecule has 1 rings (SSSR count). The number of rotatable bonds is 14. The molecule has 0 aromatic heterocycles. The molecule has 0 saturated carbocycles. The minimum absolute atomic E-state index is 0.0629. The summed E-state index contributed by atoms with van der Waals surface area (Å²) in [5.41, 5.74) is 1.49. The van der Waals surface area contributed by atoms with E-state index in [1.54, 1.807) is 0 Å². The van der Waals surface area contributed by atoms with Crippen LogP contribution in [-0.2, 0) is 4.79 Å². The zero-order valence-corrected chi connectivity index (χ0v) is 21.4. The monoisotopic (exact) mass is 481 g/mol. The topological polar surface area (TPSA) is 29.1 Å². The molecular formula is C24H43NOSn. The Hall–Kier alpha value is -0.511. The van der Waals surface area contributed by atoms with Crippen molar-refractivity contribution in [3.05, 3.63) is 35.9 Å². The summed E-state index contributed by atoms with van der Waals surface area (Å²) in [5, 5.41) is 3.33. The molecule has 0 aliphatic carbocycles. The summed E-state index contributed by atoms with van der Waals surface area (Å²) >= 11 is -2.48. The van der Waals surface area contributed by atoms with Gasteiger partial charge in [-0.25, -0.2) is 0 Å². The van der Waals surface area contributed by atoms with Gasteiger partial charge in [-0.15, -0.1) is 0 Å². The van der Waals surface area contributed by atoms with Gasteiger partial charge in [0.1, 0.15) is 0 Å². The number of hydrogen-bond donors (Lipinski definition) is 1. The number of benzene rings is 1. The van der Waals surface area contributed by atoms with Crippen LogP contribution >= 0.6 is 0 Å². The first-order valence-electron chi connectivity index (χ1n) is 11.3. The van der Waals surface area contributed by atoms with Gasteiger partial charge in [0.05, 0.1) is 0 Å². The number of carbonyl (C=O) groups is 1. The van der Waals surface area contributed by atoms with Crippen LogP contribution in [0.25, 0.3) is 0 Å². The van der Waals surface area contributed by atoms with E-state index in [4.69, 9.17) is 0 Å². The van der Waals surface area contributed by atoms with Gasteiger partial charge in [-0.3, -0.25) is 0 Å². The second kappa shape index (κ2) is 13.6. The van der Waals surface area contributed by atoms with Crippen LogP contribution in [0.1, 0.15) is 82.6 Å². The first kappa shape index (κ1) is 24.5. The molecule has 0 aliphatic heterocycles. The molecule has 0 unspecified atom stereocenters. The van der Waals surface area contributed by atoms with E-state index < -0.39 is 18.4 Å². The van der Waals surface area contributed by atoms with Crippen molar-refractivity contribution in [2.75, 3.05) is 6.54 Å². The number of hydrogen-bond acceptors (Lipinski definition) is 1. The van der Waals surface area contributed by atoms with Gasteiger partial charge in [0.2, 0.25) is 0 Å². The summed E-state index contributed by atoms with van der Waals surface area (Å²) in [5.74, 6) is 0.269. The zero-order chi connectivity index (χ0) is 20.1. The number of unbranched alkanes of at least 4 members (excludes halogenated alkanes) is 3. The Labute approximate surface area is 172 Å². The summed E-state index contributed by atoms with van der Waals surface area (Å²) in [6, 6.07) is 11.1. The Bertz CT molecular complexity index is 493. The Balaban J connectivity index is 3.24. The molecule has 1 amide bonds. The second-order valence-corrected chi connectivity index (χ2v) is 22.6. The second-order valence-electron chi connectivity index (χ2n) is 8.54. The van der Waals surface area contributed by atoms with Crippen molar-refractivity contribution in [1.82, 2.24) is 5.32 Å².